The van der Waals surface area contributed by atoms with E-state index >= 15 is 0 Å². The van der Waals surface area contributed by atoms with Gasteiger partial charge in [0.15, 0.2) is 5.11 Å². The molecule has 30 heavy (non-hydrogen) atoms. The highest BCUT2D eigenvalue weighted by Gasteiger charge is 2.29. The highest BCUT2D eigenvalue weighted by molar-refractivity contribution is 7.80. The Morgan fingerprint density at radius 1 is 1.13 bits per heavy atom. The SMILES string of the molecule is CCC(C)Oc1cccc(C(=O)NC(=S)Nc2cccc(NC(=O)C3CC3)c2C)c1. The number of hydrogen-bond donors (Lipinski definition) is 3. The van der Waals surface area contributed by atoms with Gasteiger partial charge >= 0.3 is 0 Å². The first-order chi connectivity index (χ1) is 14.4. The summed E-state index contributed by atoms with van der Waals surface area (Å²) < 4.78 is 5.77. The van der Waals surface area contributed by atoms with Crippen LogP contribution >= 0.6 is 12.2 Å². The second-order valence-corrected chi connectivity index (χ2v) is 7.92. The molecule has 1 atom stereocenters. The Balaban J connectivity index is 1.62. The molecule has 2 aromatic carbocycles. The van der Waals surface area contributed by atoms with Gasteiger partial charge in [-0.05, 0) is 81.2 Å². The van der Waals surface area contributed by atoms with Gasteiger partial charge in [0.05, 0.1) is 6.10 Å². The Hall–Kier alpha value is -2.93. The summed E-state index contributed by atoms with van der Waals surface area (Å²) in [6, 6.07) is 12.5. The lowest BCUT2D eigenvalue weighted by atomic mass is 10.1. The monoisotopic (exact) mass is 425 g/mol. The summed E-state index contributed by atoms with van der Waals surface area (Å²) in [5.74, 6) is 0.496. The summed E-state index contributed by atoms with van der Waals surface area (Å²) in [7, 11) is 0. The van der Waals surface area contributed by atoms with Crippen molar-refractivity contribution in [3.63, 3.8) is 0 Å². The number of anilines is 2. The third-order valence-corrected chi connectivity index (χ3v) is 5.23. The highest BCUT2D eigenvalue weighted by Crippen LogP contribution is 2.31. The number of amides is 2. The van der Waals surface area contributed by atoms with Crippen LogP contribution in [0.15, 0.2) is 42.5 Å². The first kappa shape index (κ1) is 21.8. The lowest BCUT2D eigenvalue weighted by Crippen LogP contribution is -2.34. The van der Waals surface area contributed by atoms with Crippen LogP contribution in [0.25, 0.3) is 0 Å². The van der Waals surface area contributed by atoms with Gasteiger partial charge in [0.25, 0.3) is 5.91 Å². The predicted molar refractivity (Wildman–Crippen MR) is 123 cm³/mol. The van der Waals surface area contributed by atoms with Gasteiger partial charge in [-0.3, -0.25) is 14.9 Å². The molecule has 7 heteroatoms. The zero-order valence-electron chi connectivity index (χ0n) is 17.5. The molecule has 3 rings (SSSR count). The number of carbonyl (C=O) groups excluding carboxylic acids is 2. The number of ether oxygens (including phenoxy) is 1. The van der Waals surface area contributed by atoms with E-state index in [4.69, 9.17) is 17.0 Å². The maximum absolute atomic E-state index is 12.6. The van der Waals surface area contributed by atoms with E-state index in [-0.39, 0.29) is 28.9 Å². The molecule has 1 aliphatic carbocycles. The molecule has 6 nitrogen and oxygen atoms in total. The zero-order chi connectivity index (χ0) is 21.7. The third kappa shape index (κ3) is 5.79. The fourth-order valence-corrected chi connectivity index (χ4v) is 3.04. The molecule has 0 aliphatic heterocycles. The molecule has 1 unspecified atom stereocenters. The van der Waals surface area contributed by atoms with Crippen LogP contribution < -0.4 is 20.7 Å². The second kappa shape index (κ2) is 9.71. The molecule has 1 fully saturated rings. The number of rotatable bonds is 7. The molecular weight excluding hydrogens is 398 g/mol. The Bertz CT molecular complexity index is 956. The molecular formula is C23H27N3O3S. The second-order valence-electron chi connectivity index (χ2n) is 7.51. The summed E-state index contributed by atoms with van der Waals surface area (Å²) in [5.41, 5.74) is 2.78. The van der Waals surface area contributed by atoms with Crippen LogP contribution in [0, 0.1) is 12.8 Å². The Morgan fingerprint density at radius 2 is 1.80 bits per heavy atom. The van der Waals surface area contributed by atoms with Gasteiger partial charge in [0, 0.05) is 22.9 Å². The molecule has 158 valence electrons. The van der Waals surface area contributed by atoms with Crippen molar-refractivity contribution in [2.75, 3.05) is 10.6 Å². The lowest BCUT2D eigenvalue weighted by molar-refractivity contribution is -0.117. The molecule has 0 heterocycles. The first-order valence-electron chi connectivity index (χ1n) is 10.2. The molecule has 0 bridgehead atoms. The fraction of sp³-hybridized carbons (Fsp3) is 0.348. The normalized spacial score (nSPS) is 13.8. The van der Waals surface area contributed by atoms with Crippen molar-refractivity contribution < 1.29 is 14.3 Å². The van der Waals surface area contributed by atoms with Crippen LogP contribution in [0.2, 0.25) is 0 Å². The molecule has 2 amide bonds. The van der Waals surface area contributed by atoms with Gasteiger partial charge in [-0.25, -0.2) is 0 Å². The van der Waals surface area contributed by atoms with E-state index < -0.39 is 0 Å². The topological polar surface area (TPSA) is 79.5 Å². The van der Waals surface area contributed by atoms with E-state index in [0.29, 0.717) is 11.3 Å². The van der Waals surface area contributed by atoms with Gasteiger partial charge in [-0.15, -0.1) is 0 Å². The van der Waals surface area contributed by atoms with Crippen LogP contribution in [0.1, 0.15) is 49.0 Å². The summed E-state index contributed by atoms with van der Waals surface area (Å²) in [5, 5.41) is 8.87. The lowest BCUT2D eigenvalue weighted by Gasteiger charge is -2.16. The molecule has 1 aliphatic rings. The molecule has 0 saturated heterocycles. The van der Waals surface area contributed by atoms with E-state index in [1.54, 1.807) is 18.2 Å². The van der Waals surface area contributed by atoms with E-state index in [2.05, 4.69) is 16.0 Å². The zero-order valence-corrected chi connectivity index (χ0v) is 18.3. The first-order valence-corrected chi connectivity index (χ1v) is 10.6. The van der Waals surface area contributed by atoms with Crippen molar-refractivity contribution >= 4 is 40.5 Å². The smallest absolute Gasteiger partial charge is 0.257 e. The maximum atomic E-state index is 12.6. The molecule has 0 radical (unpaired) electrons. The molecule has 2 aromatic rings. The summed E-state index contributed by atoms with van der Waals surface area (Å²) in [6.07, 6.45) is 2.84. The summed E-state index contributed by atoms with van der Waals surface area (Å²) >= 11 is 5.31. The van der Waals surface area contributed by atoms with Gasteiger partial charge in [0.2, 0.25) is 5.91 Å². The van der Waals surface area contributed by atoms with Crippen molar-refractivity contribution in [3.8, 4) is 5.75 Å². The van der Waals surface area contributed by atoms with Crippen molar-refractivity contribution in [2.24, 2.45) is 5.92 Å². The van der Waals surface area contributed by atoms with Crippen molar-refractivity contribution in [3.05, 3.63) is 53.6 Å². The van der Waals surface area contributed by atoms with Crippen LogP contribution in [-0.4, -0.2) is 23.0 Å². The van der Waals surface area contributed by atoms with E-state index in [9.17, 15) is 9.59 Å². The Labute approximate surface area is 182 Å². The van der Waals surface area contributed by atoms with Crippen LogP contribution in [0.5, 0.6) is 5.75 Å². The number of benzene rings is 2. The standard InChI is InChI=1S/C23H27N3O3S/c1-4-14(2)29-18-8-5-7-17(13-18)22(28)26-23(30)25-20-10-6-9-19(15(20)3)24-21(27)16-11-12-16/h5-10,13-14,16H,4,11-12H2,1-3H3,(H,24,27)(H2,25,26,28,30). The number of carbonyl (C=O) groups is 2. The quantitative estimate of drug-likeness (QED) is 0.563. The molecule has 1 saturated carbocycles. The maximum Gasteiger partial charge on any atom is 0.257 e. The number of nitrogens with one attached hydrogen (secondary N) is 3. The number of hydrogen-bond acceptors (Lipinski definition) is 4. The van der Waals surface area contributed by atoms with Gasteiger partial charge in [-0.2, -0.15) is 0 Å². The van der Waals surface area contributed by atoms with E-state index in [1.165, 1.54) is 0 Å². The summed E-state index contributed by atoms with van der Waals surface area (Å²) in [4.78, 5) is 24.6. The fourth-order valence-electron chi connectivity index (χ4n) is 2.84. The third-order valence-electron chi connectivity index (χ3n) is 5.02. The minimum absolute atomic E-state index is 0.0469. The van der Waals surface area contributed by atoms with Gasteiger partial charge in [-0.1, -0.05) is 19.1 Å². The molecule has 3 N–H and O–H groups in total. The molecule has 0 aromatic heterocycles. The largest absolute Gasteiger partial charge is 0.491 e. The number of thiocarbonyl (C=S) groups is 1. The minimum Gasteiger partial charge on any atom is -0.491 e. The van der Waals surface area contributed by atoms with E-state index in [1.807, 2.05) is 45.0 Å². The highest BCUT2D eigenvalue weighted by atomic mass is 32.1. The minimum atomic E-state index is -0.321. The molecule has 0 spiro atoms. The van der Waals surface area contributed by atoms with Crippen molar-refractivity contribution in [1.29, 1.82) is 0 Å². The Morgan fingerprint density at radius 3 is 2.47 bits per heavy atom. The summed E-state index contributed by atoms with van der Waals surface area (Å²) in [6.45, 7) is 5.92. The van der Waals surface area contributed by atoms with Crippen LogP contribution in [0.3, 0.4) is 0 Å². The van der Waals surface area contributed by atoms with Gasteiger partial charge < -0.3 is 15.4 Å². The van der Waals surface area contributed by atoms with E-state index in [0.717, 1.165) is 36.2 Å². The van der Waals surface area contributed by atoms with Crippen LogP contribution in [-0.2, 0) is 4.79 Å². The average Bonchev–Trinajstić information content (AvgIpc) is 3.56. The predicted octanol–water partition coefficient (Wildman–Crippen LogP) is 4.65. The van der Waals surface area contributed by atoms with Crippen molar-refractivity contribution in [2.45, 2.75) is 46.1 Å². The average molecular weight is 426 g/mol. The van der Waals surface area contributed by atoms with Crippen LogP contribution in [0.4, 0.5) is 11.4 Å². The van der Waals surface area contributed by atoms with Crippen molar-refractivity contribution in [1.82, 2.24) is 5.32 Å². The Kier molecular flexibility index (Phi) is 7.05. The van der Waals surface area contributed by atoms with Gasteiger partial charge in [0.1, 0.15) is 5.75 Å².